The lowest BCUT2D eigenvalue weighted by molar-refractivity contribution is 0.0520. The van der Waals surface area contributed by atoms with Crippen LogP contribution in [0.2, 0.25) is 5.02 Å². The van der Waals surface area contributed by atoms with Gasteiger partial charge >= 0.3 is 5.97 Å². The molecule has 2 aromatic rings. The lowest BCUT2D eigenvalue weighted by Gasteiger charge is -2.07. The lowest BCUT2D eigenvalue weighted by atomic mass is 10.1. The van der Waals surface area contributed by atoms with E-state index in [4.69, 9.17) is 30.9 Å². The Labute approximate surface area is 168 Å². The maximum absolute atomic E-state index is 12.6. The van der Waals surface area contributed by atoms with Gasteiger partial charge in [0.1, 0.15) is 10.6 Å². The van der Waals surface area contributed by atoms with Crippen LogP contribution in [-0.4, -0.2) is 35.4 Å². The number of fused-ring (bicyclic) bond motifs is 1. The molecule has 0 saturated heterocycles. The van der Waals surface area contributed by atoms with Gasteiger partial charge in [-0.3, -0.25) is 4.68 Å². The Morgan fingerprint density at radius 3 is 2.74 bits per heavy atom. The molecule has 6 nitrogen and oxygen atoms in total. The second kappa shape index (κ2) is 8.89. The molecule has 0 amide bonds. The third kappa shape index (κ3) is 4.19. The monoisotopic (exact) mass is 410 g/mol. The Morgan fingerprint density at radius 2 is 2.07 bits per heavy atom. The quantitative estimate of drug-likeness (QED) is 0.469. The summed E-state index contributed by atoms with van der Waals surface area (Å²) in [6, 6.07) is 3.59. The third-order valence-corrected chi connectivity index (χ3v) is 5.43. The Hall–Kier alpha value is -1.86. The van der Waals surface area contributed by atoms with E-state index in [9.17, 15) is 4.79 Å². The number of aryl methyl sites for hydroxylation is 1. The van der Waals surface area contributed by atoms with Crippen molar-refractivity contribution in [2.24, 2.45) is 0 Å². The highest BCUT2D eigenvalue weighted by molar-refractivity contribution is 7.98. The van der Waals surface area contributed by atoms with E-state index >= 15 is 0 Å². The summed E-state index contributed by atoms with van der Waals surface area (Å²) in [5.74, 6) is 0.937. The van der Waals surface area contributed by atoms with Gasteiger partial charge in [0.25, 0.3) is 0 Å². The Balaban J connectivity index is 2.00. The van der Waals surface area contributed by atoms with Gasteiger partial charge in [-0.15, -0.1) is 11.8 Å². The maximum atomic E-state index is 12.6. The average Bonchev–Trinajstić information content (AvgIpc) is 3.24. The maximum Gasteiger partial charge on any atom is 0.342 e. The molecule has 3 rings (SSSR count). The van der Waals surface area contributed by atoms with Crippen LogP contribution in [0.5, 0.6) is 11.5 Å². The SMILES string of the molecule is CCCCn1nc(Cc2cc3c(cc2Cl)OCO3)c(C(=O)OCC)c1SC. The number of hydrogen-bond acceptors (Lipinski definition) is 6. The van der Waals surface area contributed by atoms with E-state index in [2.05, 4.69) is 6.92 Å². The molecule has 1 aliphatic heterocycles. The number of unbranched alkanes of at least 4 members (excludes halogenated alkanes) is 1. The van der Waals surface area contributed by atoms with E-state index in [1.807, 2.05) is 17.0 Å². The molecular formula is C19H23ClN2O4S. The summed E-state index contributed by atoms with van der Waals surface area (Å²) in [4.78, 5) is 12.6. The molecular weight excluding hydrogens is 388 g/mol. The zero-order valence-corrected chi connectivity index (χ0v) is 17.3. The number of hydrogen-bond donors (Lipinski definition) is 0. The minimum Gasteiger partial charge on any atom is -0.462 e. The average molecular weight is 411 g/mol. The van der Waals surface area contributed by atoms with Gasteiger partial charge in [0.05, 0.1) is 12.3 Å². The van der Waals surface area contributed by atoms with Crippen molar-refractivity contribution >= 4 is 29.3 Å². The van der Waals surface area contributed by atoms with Gasteiger partial charge in [-0.1, -0.05) is 24.9 Å². The molecule has 0 N–H and O–H groups in total. The smallest absolute Gasteiger partial charge is 0.342 e. The minimum atomic E-state index is -0.350. The fourth-order valence-electron chi connectivity index (χ4n) is 2.97. The summed E-state index contributed by atoms with van der Waals surface area (Å²) in [5, 5.41) is 6.10. The predicted molar refractivity (Wildman–Crippen MR) is 105 cm³/mol. The molecule has 0 radical (unpaired) electrons. The number of benzene rings is 1. The van der Waals surface area contributed by atoms with Gasteiger partial charge in [-0.05, 0) is 31.2 Å². The van der Waals surface area contributed by atoms with Crippen LogP contribution in [-0.2, 0) is 17.7 Å². The molecule has 8 heteroatoms. The fourth-order valence-corrected chi connectivity index (χ4v) is 3.94. The highest BCUT2D eigenvalue weighted by atomic mass is 35.5. The molecule has 0 atom stereocenters. The molecule has 146 valence electrons. The highest BCUT2D eigenvalue weighted by Crippen LogP contribution is 2.38. The van der Waals surface area contributed by atoms with Crippen molar-refractivity contribution in [3.63, 3.8) is 0 Å². The van der Waals surface area contributed by atoms with Gasteiger partial charge in [0.2, 0.25) is 6.79 Å². The largest absolute Gasteiger partial charge is 0.462 e. The first-order valence-electron chi connectivity index (χ1n) is 8.97. The van der Waals surface area contributed by atoms with E-state index in [0.717, 1.165) is 30.0 Å². The fraction of sp³-hybridized carbons (Fsp3) is 0.474. The number of ether oxygens (including phenoxy) is 3. The molecule has 0 bridgehead atoms. The van der Waals surface area contributed by atoms with Crippen molar-refractivity contribution in [2.75, 3.05) is 19.7 Å². The zero-order valence-electron chi connectivity index (χ0n) is 15.7. The van der Waals surface area contributed by atoms with Gasteiger partial charge in [0, 0.05) is 24.1 Å². The van der Waals surface area contributed by atoms with Crippen molar-refractivity contribution in [1.82, 2.24) is 9.78 Å². The summed E-state index contributed by atoms with van der Waals surface area (Å²) >= 11 is 7.93. The first-order valence-corrected chi connectivity index (χ1v) is 10.6. The molecule has 0 aliphatic carbocycles. The number of carbonyl (C=O) groups is 1. The van der Waals surface area contributed by atoms with Crippen molar-refractivity contribution in [3.8, 4) is 11.5 Å². The van der Waals surface area contributed by atoms with Crippen LogP contribution in [0, 0.1) is 0 Å². The number of rotatable bonds is 8. The Kier molecular flexibility index (Phi) is 6.55. The van der Waals surface area contributed by atoms with Crippen LogP contribution in [0.4, 0.5) is 0 Å². The number of halogens is 1. The van der Waals surface area contributed by atoms with Gasteiger partial charge in [-0.2, -0.15) is 5.10 Å². The first kappa shape index (κ1) is 19.9. The van der Waals surface area contributed by atoms with Gasteiger partial charge in [-0.25, -0.2) is 4.79 Å². The molecule has 1 aromatic carbocycles. The molecule has 0 spiro atoms. The van der Waals surface area contributed by atoms with E-state index in [0.29, 0.717) is 40.8 Å². The first-order chi connectivity index (χ1) is 13.1. The van der Waals surface area contributed by atoms with Gasteiger partial charge in [0.15, 0.2) is 11.5 Å². The lowest BCUT2D eigenvalue weighted by Crippen LogP contribution is -2.09. The van der Waals surface area contributed by atoms with Crippen LogP contribution < -0.4 is 9.47 Å². The van der Waals surface area contributed by atoms with Crippen LogP contribution in [0.25, 0.3) is 0 Å². The summed E-state index contributed by atoms with van der Waals surface area (Å²) in [6.07, 6.45) is 4.39. The van der Waals surface area contributed by atoms with Crippen LogP contribution in [0.1, 0.15) is 48.3 Å². The molecule has 27 heavy (non-hydrogen) atoms. The van der Waals surface area contributed by atoms with Crippen molar-refractivity contribution in [3.05, 3.63) is 34.0 Å². The standard InChI is InChI=1S/C19H23ClN2O4S/c1-4-6-7-22-18(27-3)17(19(23)24-5-2)14(21-22)8-12-9-15-16(10-13(12)20)26-11-25-15/h9-10H,4-8,11H2,1-3H3. The molecule has 0 unspecified atom stereocenters. The van der Waals surface area contributed by atoms with E-state index in [-0.39, 0.29) is 12.8 Å². The third-order valence-electron chi connectivity index (χ3n) is 4.27. The van der Waals surface area contributed by atoms with E-state index in [1.54, 1.807) is 13.0 Å². The molecule has 0 fully saturated rings. The van der Waals surface area contributed by atoms with Crippen LogP contribution in [0.3, 0.4) is 0 Å². The van der Waals surface area contributed by atoms with E-state index in [1.165, 1.54) is 11.8 Å². The van der Waals surface area contributed by atoms with Crippen molar-refractivity contribution < 1.29 is 19.0 Å². The second-order valence-corrected chi connectivity index (χ2v) is 7.30. The Morgan fingerprint density at radius 1 is 1.33 bits per heavy atom. The summed E-state index contributed by atoms with van der Waals surface area (Å²) < 4.78 is 18.0. The summed E-state index contributed by atoms with van der Waals surface area (Å²) in [6.45, 7) is 5.19. The number of esters is 1. The summed E-state index contributed by atoms with van der Waals surface area (Å²) in [5.41, 5.74) is 2.02. The number of nitrogens with zero attached hydrogens (tertiary/aromatic N) is 2. The topological polar surface area (TPSA) is 62.6 Å². The van der Waals surface area contributed by atoms with Gasteiger partial charge < -0.3 is 14.2 Å². The second-order valence-electron chi connectivity index (χ2n) is 6.10. The predicted octanol–water partition coefficient (Wildman–Crippen LogP) is 4.55. The minimum absolute atomic E-state index is 0.186. The van der Waals surface area contributed by atoms with Crippen LogP contribution in [0.15, 0.2) is 17.2 Å². The highest BCUT2D eigenvalue weighted by Gasteiger charge is 2.26. The molecule has 1 aliphatic rings. The van der Waals surface area contributed by atoms with Crippen LogP contribution >= 0.6 is 23.4 Å². The van der Waals surface area contributed by atoms with Crippen molar-refractivity contribution in [2.45, 2.75) is 44.7 Å². The molecule has 0 saturated carbocycles. The normalized spacial score (nSPS) is 12.4. The zero-order chi connectivity index (χ0) is 19.4. The molecule has 2 heterocycles. The Bertz CT molecular complexity index is 838. The molecule has 1 aromatic heterocycles. The number of aromatic nitrogens is 2. The summed E-state index contributed by atoms with van der Waals surface area (Å²) in [7, 11) is 0. The number of carbonyl (C=O) groups excluding carboxylic acids is 1. The van der Waals surface area contributed by atoms with E-state index < -0.39 is 0 Å². The van der Waals surface area contributed by atoms with Crippen molar-refractivity contribution in [1.29, 1.82) is 0 Å². The number of thioether (sulfide) groups is 1.